The zero-order valence-electron chi connectivity index (χ0n) is 11.4. The predicted molar refractivity (Wildman–Crippen MR) is 80.4 cm³/mol. The fourth-order valence-electron chi connectivity index (χ4n) is 2.26. The summed E-state index contributed by atoms with van der Waals surface area (Å²) in [6.45, 7) is 0. The van der Waals surface area contributed by atoms with Crippen LogP contribution in [0.1, 0.15) is 5.56 Å². The van der Waals surface area contributed by atoms with Crippen molar-refractivity contribution in [1.82, 2.24) is 10.2 Å². The van der Waals surface area contributed by atoms with Gasteiger partial charge in [-0.3, -0.25) is 4.79 Å². The van der Waals surface area contributed by atoms with Gasteiger partial charge in [-0.25, -0.2) is 9.49 Å². The number of benzene rings is 2. The molecule has 2 aromatic carbocycles. The van der Waals surface area contributed by atoms with Gasteiger partial charge in [-0.1, -0.05) is 24.3 Å². The molecule has 0 aliphatic carbocycles. The molecular weight excluding hydrogens is 281 g/mol. The highest BCUT2D eigenvalue weighted by atomic mass is 19.1. The number of hydrogen-bond donors (Lipinski definition) is 1. The Kier molecular flexibility index (Phi) is 3.50. The molecule has 5 heteroatoms. The lowest BCUT2D eigenvalue weighted by Crippen LogP contribution is -2.05. The molecule has 0 aliphatic heterocycles. The summed E-state index contributed by atoms with van der Waals surface area (Å²) in [7, 11) is 0. The summed E-state index contributed by atoms with van der Waals surface area (Å²) >= 11 is 0. The molecule has 106 valence electrons. The van der Waals surface area contributed by atoms with Crippen molar-refractivity contribution < 1.29 is 4.39 Å². The molecule has 0 bridgehead atoms. The predicted octanol–water partition coefficient (Wildman–Crippen LogP) is 3.11. The van der Waals surface area contributed by atoms with Crippen molar-refractivity contribution in [2.75, 3.05) is 0 Å². The summed E-state index contributed by atoms with van der Waals surface area (Å²) in [5.74, 6) is -0.427. The fourth-order valence-corrected chi connectivity index (χ4v) is 2.26. The van der Waals surface area contributed by atoms with Crippen LogP contribution in [0.25, 0.3) is 22.3 Å². The van der Waals surface area contributed by atoms with E-state index in [4.69, 9.17) is 5.26 Å². The van der Waals surface area contributed by atoms with Crippen LogP contribution in [0.15, 0.2) is 59.5 Å². The number of aromatic amines is 1. The molecule has 0 aliphatic rings. The summed E-state index contributed by atoms with van der Waals surface area (Å²) in [6, 6.07) is 14.8. The second-order valence-electron chi connectivity index (χ2n) is 4.69. The van der Waals surface area contributed by atoms with E-state index in [1.165, 1.54) is 18.3 Å². The molecule has 22 heavy (non-hydrogen) atoms. The molecule has 1 aromatic heterocycles. The van der Waals surface area contributed by atoms with E-state index < -0.39 is 5.82 Å². The third-order valence-corrected chi connectivity index (χ3v) is 3.30. The molecule has 0 spiro atoms. The van der Waals surface area contributed by atoms with Crippen molar-refractivity contribution >= 4 is 0 Å². The summed E-state index contributed by atoms with van der Waals surface area (Å²) in [4.78, 5) is 11.4. The van der Waals surface area contributed by atoms with Crippen LogP contribution in [0.2, 0.25) is 0 Å². The molecule has 1 N–H and O–H groups in total. The molecule has 3 rings (SSSR count). The van der Waals surface area contributed by atoms with Gasteiger partial charge >= 0.3 is 0 Å². The average molecular weight is 291 g/mol. The van der Waals surface area contributed by atoms with Crippen LogP contribution in [-0.2, 0) is 0 Å². The highest BCUT2D eigenvalue weighted by molar-refractivity contribution is 5.76. The number of hydrogen-bond acceptors (Lipinski definition) is 3. The van der Waals surface area contributed by atoms with Gasteiger partial charge in [0.05, 0.1) is 17.8 Å². The van der Waals surface area contributed by atoms with Crippen LogP contribution in [0.5, 0.6) is 0 Å². The minimum absolute atomic E-state index is 0.315. The number of aromatic nitrogens is 2. The number of rotatable bonds is 2. The van der Waals surface area contributed by atoms with Gasteiger partial charge < -0.3 is 0 Å². The Morgan fingerprint density at radius 3 is 2.64 bits per heavy atom. The Morgan fingerprint density at radius 2 is 1.86 bits per heavy atom. The van der Waals surface area contributed by atoms with E-state index in [1.807, 2.05) is 0 Å². The van der Waals surface area contributed by atoms with Gasteiger partial charge in [-0.15, -0.1) is 0 Å². The maximum Gasteiger partial charge on any atom is 0.264 e. The summed E-state index contributed by atoms with van der Waals surface area (Å²) < 4.78 is 14.2. The van der Waals surface area contributed by atoms with E-state index in [0.29, 0.717) is 27.8 Å². The normalized spacial score (nSPS) is 10.2. The monoisotopic (exact) mass is 291 g/mol. The van der Waals surface area contributed by atoms with Gasteiger partial charge in [0.25, 0.3) is 5.56 Å². The molecule has 0 saturated heterocycles. The quantitative estimate of drug-likeness (QED) is 0.788. The lowest BCUT2D eigenvalue weighted by atomic mass is 9.96. The van der Waals surface area contributed by atoms with Gasteiger partial charge in [0.2, 0.25) is 0 Å². The van der Waals surface area contributed by atoms with E-state index in [2.05, 4.69) is 16.3 Å². The van der Waals surface area contributed by atoms with Crippen molar-refractivity contribution in [3.8, 4) is 28.3 Å². The van der Waals surface area contributed by atoms with Crippen LogP contribution in [0, 0.1) is 17.1 Å². The first-order chi connectivity index (χ1) is 10.7. The topological polar surface area (TPSA) is 69.5 Å². The second kappa shape index (κ2) is 5.62. The third-order valence-electron chi connectivity index (χ3n) is 3.30. The Bertz CT molecular complexity index is 941. The highest BCUT2D eigenvalue weighted by Gasteiger charge is 2.11. The Morgan fingerprint density at radius 1 is 1.05 bits per heavy atom. The van der Waals surface area contributed by atoms with Crippen molar-refractivity contribution in [3.63, 3.8) is 0 Å². The third kappa shape index (κ3) is 2.50. The number of nitriles is 1. The summed E-state index contributed by atoms with van der Waals surface area (Å²) in [5, 5.41) is 15.2. The number of nitrogens with zero attached hydrogens (tertiary/aromatic N) is 2. The summed E-state index contributed by atoms with van der Waals surface area (Å²) in [6.07, 6.45) is 1.49. The van der Waals surface area contributed by atoms with E-state index in [0.717, 1.165) is 0 Å². The minimum atomic E-state index is -0.427. The highest BCUT2D eigenvalue weighted by Crippen LogP contribution is 2.30. The van der Waals surface area contributed by atoms with Gasteiger partial charge in [0, 0.05) is 22.8 Å². The maximum atomic E-state index is 14.2. The molecular formula is C17H10FN3O. The molecule has 4 nitrogen and oxygen atoms in total. The van der Waals surface area contributed by atoms with Crippen LogP contribution in [-0.4, -0.2) is 10.2 Å². The van der Waals surface area contributed by atoms with Crippen molar-refractivity contribution in [3.05, 3.63) is 76.5 Å². The molecule has 0 fully saturated rings. The van der Waals surface area contributed by atoms with Crippen molar-refractivity contribution in [1.29, 1.82) is 5.26 Å². The molecule has 1 heterocycles. The van der Waals surface area contributed by atoms with Crippen molar-refractivity contribution in [2.45, 2.75) is 0 Å². The number of nitrogens with one attached hydrogen (secondary N) is 1. The Balaban J connectivity index is 2.20. The molecule has 0 saturated carbocycles. The molecule has 0 atom stereocenters. The number of halogens is 1. The number of H-pyrrole nitrogens is 1. The van der Waals surface area contributed by atoms with Gasteiger partial charge in [-0.05, 0) is 23.8 Å². The standard InChI is InChI=1S/C17H10FN3O/c18-16-6-5-11(13-8-17(22)21-20-10-13)7-15(16)14-4-2-1-3-12(14)9-19/h1-8,10H,(H,21,22). The lowest BCUT2D eigenvalue weighted by molar-refractivity contribution is 0.631. The van der Waals surface area contributed by atoms with Crippen LogP contribution >= 0.6 is 0 Å². The van der Waals surface area contributed by atoms with Crippen LogP contribution in [0.4, 0.5) is 4.39 Å². The molecule has 0 unspecified atom stereocenters. The molecule has 0 amide bonds. The van der Waals surface area contributed by atoms with Gasteiger partial charge in [0.1, 0.15) is 5.82 Å². The molecule has 0 radical (unpaired) electrons. The summed E-state index contributed by atoms with van der Waals surface area (Å²) in [5.41, 5.74) is 2.13. The SMILES string of the molecule is N#Cc1ccccc1-c1cc(-c2cn[nH]c(=O)c2)ccc1F. The lowest BCUT2D eigenvalue weighted by Gasteiger charge is -2.08. The van der Waals surface area contributed by atoms with Crippen LogP contribution < -0.4 is 5.56 Å². The Labute approximate surface area is 125 Å². The fraction of sp³-hybridized carbons (Fsp3) is 0. The minimum Gasteiger partial charge on any atom is -0.268 e. The van der Waals surface area contributed by atoms with E-state index >= 15 is 0 Å². The first-order valence-electron chi connectivity index (χ1n) is 6.53. The van der Waals surface area contributed by atoms with E-state index in [1.54, 1.807) is 36.4 Å². The first kappa shape index (κ1) is 13.7. The Hall–Kier alpha value is -3.26. The maximum absolute atomic E-state index is 14.2. The first-order valence-corrected chi connectivity index (χ1v) is 6.53. The smallest absolute Gasteiger partial charge is 0.264 e. The van der Waals surface area contributed by atoms with Crippen molar-refractivity contribution in [2.24, 2.45) is 0 Å². The van der Waals surface area contributed by atoms with E-state index in [-0.39, 0.29) is 5.56 Å². The largest absolute Gasteiger partial charge is 0.268 e. The zero-order chi connectivity index (χ0) is 15.5. The zero-order valence-corrected chi connectivity index (χ0v) is 11.4. The second-order valence-corrected chi connectivity index (χ2v) is 4.69. The van der Waals surface area contributed by atoms with Crippen LogP contribution in [0.3, 0.4) is 0 Å². The average Bonchev–Trinajstić information content (AvgIpc) is 2.55. The molecule has 3 aromatic rings. The van der Waals surface area contributed by atoms with Gasteiger partial charge in [-0.2, -0.15) is 10.4 Å². The van der Waals surface area contributed by atoms with E-state index in [9.17, 15) is 9.18 Å². The van der Waals surface area contributed by atoms with Gasteiger partial charge in [0.15, 0.2) is 0 Å².